The SMILES string of the molecule is CCNCC(C)C(=O)NCCCC(F)(F)F. The smallest absolute Gasteiger partial charge is 0.356 e. The standard InChI is InChI=1S/C10H19F3N2O/c1-3-14-7-8(2)9(16)15-6-4-5-10(11,12)13/h8,14H,3-7H2,1-2H3,(H,15,16). The second-order valence-corrected chi connectivity index (χ2v) is 3.72. The topological polar surface area (TPSA) is 41.1 Å². The molecule has 1 atom stereocenters. The van der Waals surface area contributed by atoms with Gasteiger partial charge in [0.2, 0.25) is 5.91 Å². The Balaban J connectivity index is 3.57. The van der Waals surface area contributed by atoms with E-state index in [2.05, 4.69) is 10.6 Å². The second kappa shape index (κ2) is 7.49. The van der Waals surface area contributed by atoms with Gasteiger partial charge in [0.1, 0.15) is 0 Å². The van der Waals surface area contributed by atoms with Crippen LogP contribution in [0.15, 0.2) is 0 Å². The predicted octanol–water partition coefficient (Wildman–Crippen LogP) is 1.69. The lowest BCUT2D eigenvalue weighted by atomic mass is 10.1. The van der Waals surface area contributed by atoms with E-state index < -0.39 is 12.6 Å². The van der Waals surface area contributed by atoms with Crippen molar-refractivity contribution >= 4 is 5.91 Å². The lowest BCUT2D eigenvalue weighted by Gasteiger charge is -2.12. The summed E-state index contributed by atoms with van der Waals surface area (Å²) < 4.78 is 35.3. The van der Waals surface area contributed by atoms with Gasteiger partial charge in [0.15, 0.2) is 0 Å². The minimum atomic E-state index is -4.14. The third kappa shape index (κ3) is 8.52. The molecule has 0 fully saturated rings. The number of carbonyl (C=O) groups is 1. The van der Waals surface area contributed by atoms with Crippen LogP contribution >= 0.6 is 0 Å². The van der Waals surface area contributed by atoms with E-state index in [1.807, 2.05) is 6.92 Å². The third-order valence-corrected chi connectivity index (χ3v) is 2.08. The fourth-order valence-electron chi connectivity index (χ4n) is 1.13. The zero-order valence-corrected chi connectivity index (χ0v) is 9.66. The van der Waals surface area contributed by atoms with E-state index in [1.54, 1.807) is 6.92 Å². The Morgan fingerprint density at radius 3 is 2.50 bits per heavy atom. The van der Waals surface area contributed by atoms with Crippen LogP contribution in [-0.2, 0) is 4.79 Å². The van der Waals surface area contributed by atoms with E-state index in [0.717, 1.165) is 6.54 Å². The van der Waals surface area contributed by atoms with Gasteiger partial charge in [0, 0.05) is 25.4 Å². The molecule has 0 heterocycles. The average Bonchev–Trinajstić information content (AvgIpc) is 2.19. The Hall–Kier alpha value is -0.780. The van der Waals surface area contributed by atoms with Crippen molar-refractivity contribution in [2.75, 3.05) is 19.6 Å². The van der Waals surface area contributed by atoms with Crippen molar-refractivity contribution < 1.29 is 18.0 Å². The van der Waals surface area contributed by atoms with Gasteiger partial charge in [-0.2, -0.15) is 13.2 Å². The van der Waals surface area contributed by atoms with E-state index in [0.29, 0.717) is 6.54 Å². The number of carbonyl (C=O) groups excluding carboxylic acids is 1. The van der Waals surface area contributed by atoms with Crippen molar-refractivity contribution in [2.24, 2.45) is 5.92 Å². The van der Waals surface area contributed by atoms with Gasteiger partial charge in [-0.05, 0) is 13.0 Å². The summed E-state index contributed by atoms with van der Waals surface area (Å²) in [6.45, 7) is 5.05. The molecule has 1 unspecified atom stereocenters. The van der Waals surface area contributed by atoms with Crippen LogP contribution in [0.5, 0.6) is 0 Å². The molecule has 0 aliphatic carbocycles. The molecule has 0 bridgehead atoms. The van der Waals surface area contributed by atoms with Crippen LogP contribution < -0.4 is 10.6 Å². The highest BCUT2D eigenvalue weighted by Gasteiger charge is 2.26. The maximum atomic E-state index is 11.8. The Labute approximate surface area is 93.8 Å². The maximum absolute atomic E-state index is 11.8. The van der Waals surface area contributed by atoms with Crippen LogP contribution in [-0.4, -0.2) is 31.7 Å². The fourth-order valence-corrected chi connectivity index (χ4v) is 1.13. The Kier molecular flexibility index (Phi) is 7.12. The van der Waals surface area contributed by atoms with Gasteiger partial charge in [-0.15, -0.1) is 0 Å². The first-order valence-electron chi connectivity index (χ1n) is 5.42. The molecule has 96 valence electrons. The lowest BCUT2D eigenvalue weighted by molar-refractivity contribution is -0.136. The van der Waals surface area contributed by atoms with Gasteiger partial charge in [-0.25, -0.2) is 0 Å². The normalized spacial score (nSPS) is 13.6. The number of halogens is 3. The molecule has 0 aromatic rings. The molecular weight excluding hydrogens is 221 g/mol. The molecule has 6 heteroatoms. The van der Waals surface area contributed by atoms with Gasteiger partial charge in [-0.1, -0.05) is 13.8 Å². The van der Waals surface area contributed by atoms with Crippen LogP contribution in [0.25, 0.3) is 0 Å². The molecule has 0 radical (unpaired) electrons. The van der Waals surface area contributed by atoms with Gasteiger partial charge in [-0.3, -0.25) is 4.79 Å². The van der Waals surface area contributed by atoms with Crippen LogP contribution in [0, 0.1) is 5.92 Å². The van der Waals surface area contributed by atoms with Crippen LogP contribution in [0.1, 0.15) is 26.7 Å². The molecule has 0 aliphatic heterocycles. The molecule has 2 N–H and O–H groups in total. The molecular formula is C10H19F3N2O. The highest BCUT2D eigenvalue weighted by atomic mass is 19.4. The van der Waals surface area contributed by atoms with Gasteiger partial charge < -0.3 is 10.6 Å². The summed E-state index contributed by atoms with van der Waals surface area (Å²) in [5.74, 6) is -0.422. The summed E-state index contributed by atoms with van der Waals surface area (Å²) in [7, 11) is 0. The highest BCUT2D eigenvalue weighted by Crippen LogP contribution is 2.20. The monoisotopic (exact) mass is 240 g/mol. The summed E-state index contributed by atoms with van der Waals surface area (Å²) in [5, 5.41) is 5.49. The number of alkyl halides is 3. The molecule has 0 rings (SSSR count). The molecule has 0 aromatic carbocycles. The fraction of sp³-hybridized carbons (Fsp3) is 0.900. The quantitative estimate of drug-likeness (QED) is 0.665. The summed E-state index contributed by atoms with van der Waals surface area (Å²) >= 11 is 0. The Morgan fingerprint density at radius 1 is 1.38 bits per heavy atom. The van der Waals surface area contributed by atoms with E-state index in [4.69, 9.17) is 0 Å². The van der Waals surface area contributed by atoms with Crippen molar-refractivity contribution in [3.05, 3.63) is 0 Å². The van der Waals surface area contributed by atoms with Crippen LogP contribution in [0.3, 0.4) is 0 Å². The van der Waals surface area contributed by atoms with Crippen molar-refractivity contribution in [3.63, 3.8) is 0 Å². The van der Waals surface area contributed by atoms with Crippen LogP contribution in [0.2, 0.25) is 0 Å². The zero-order chi connectivity index (χ0) is 12.6. The molecule has 0 saturated heterocycles. The second-order valence-electron chi connectivity index (χ2n) is 3.72. The maximum Gasteiger partial charge on any atom is 0.389 e. The minimum Gasteiger partial charge on any atom is -0.356 e. The largest absolute Gasteiger partial charge is 0.389 e. The molecule has 1 amide bonds. The molecule has 0 saturated carbocycles. The van der Waals surface area contributed by atoms with Crippen molar-refractivity contribution in [2.45, 2.75) is 32.9 Å². The summed E-state index contributed by atoms with van der Waals surface area (Å²) in [6.07, 6.45) is -5.06. The predicted molar refractivity (Wildman–Crippen MR) is 56.0 cm³/mol. The first-order chi connectivity index (χ1) is 7.37. The van der Waals surface area contributed by atoms with E-state index in [1.165, 1.54) is 0 Å². The number of hydrogen-bond donors (Lipinski definition) is 2. The lowest BCUT2D eigenvalue weighted by Crippen LogP contribution is -2.36. The molecule has 0 spiro atoms. The summed E-state index contributed by atoms with van der Waals surface area (Å²) in [4.78, 5) is 11.3. The van der Waals surface area contributed by atoms with Crippen molar-refractivity contribution in [3.8, 4) is 0 Å². The van der Waals surface area contributed by atoms with Crippen molar-refractivity contribution in [1.82, 2.24) is 10.6 Å². The Bertz CT molecular complexity index is 207. The zero-order valence-electron chi connectivity index (χ0n) is 9.66. The number of hydrogen-bond acceptors (Lipinski definition) is 2. The molecule has 16 heavy (non-hydrogen) atoms. The van der Waals surface area contributed by atoms with Gasteiger partial charge in [0.05, 0.1) is 0 Å². The molecule has 3 nitrogen and oxygen atoms in total. The van der Waals surface area contributed by atoms with E-state index in [9.17, 15) is 18.0 Å². The number of nitrogens with one attached hydrogen (secondary N) is 2. The number of amides is 1. The first-order valence-corrected chi connectivity index (χ1v) is 5.42. The third-order valence-electron chi connectivity index (χ3n) is 2.08. The minimum absolute atomic E-state index is 0.0663. The Morgan fingerprint density at radius 2 is 2.00 bits per heavy atom. The first kappa shape index (κ1) is 15.2. The van der Waals surface area contributed by atoms with E-state index >= 15 is 0 Å². The summed E-state index contributed by atoms with van der Waals surface area (Å²) in [6, 6.07) is 0. The van der Waals surface area contributed by atoms with Crippen molar-refractivity contribution in [1.29, 1.82) is 0 Å². The average molecular weight is 240 g/mol. The van der Waals surface area contributed by atoms with E-state index in [-0.39, 0.29) is 24.8 Å². The van der Waals surface area contributed by atoms with Gasteiger partial charge >= 0.3 is 6.18 Å². The molecule has 0 aliphatic rings. The van der Waals surface area contributed by atoms with Gasteiger partial charge in [0.25, 0.3) is 0 Å². The highest BCUT2D eigenvalue weighted by molar-refractivity contribution is 5.78. The summed E-state index contributed by atoms with van der Waals surface area (Å²) in [5.41, 5.74) is 0. The number of rotatable bonds is 7. The van der Waals surface area contributed by atoms with Crippen LogP contribution in [0.4, 0.5) is 13.2 Å². The molecule has 0 aromatic heterocycles.